The van der Waals surface area contributed by atoms with Gasteiger partial charge in [-0.15, -0.1) is 0 Å². The fourth-order valence-electron chi connectivity index (χ4n) is 5.19. The van der Waals surface area contributed by atoms with E-state index >= 15 is 0 Å². The summed E-state index contributed by atoms with van der Waals surface area (Å²) in [5.74, 6) is 0.875. The molecule has 4 rings (SSSR count). The largest absolute Gasteiger partial charge is 0.346 e. The van der Waals surface area contributed by atoms with Crippen LogP contribution in [-0.4, -0.2) is 53.0 Å². The maximum atomic E-state index is 13.2. The van der Waals surface area contributed by atoms with Crippen molar-refractivity contribution in [2.75, 3.05) is 26.7 Å². The Morgan fingerprint density at radius 3 is 2.57 bits per heavy atom. The van der Waals surface area contributed by atoms with Gasteiger partial charge >= 0.3 is 0 Å². The first kappa shape index (κ1) is 19.3. The highest BCUT2D eigenvalue weighted by Gasteiger charge is 2.34. The quantitative estimate of drug-likeness (QED) is 0.753. The minimum atomic E-state index is 0.0590. The molecule has 0 bridgehead atoms. The van der Waals surface area contributed by atoms with Gasteiger partial charge in [0.25, 0.3) is 0 Å². The molecule has 1 unspecified atom stereocenters. The summed E-state index contributed by atoms with van der Waals surface area (Å²) in [6.07, 6.45) is 11.2. The second-order valence-electron chi connectivity index (χ2n) is 8.54. The Morgan fingerprint density at radius 1 is 1.04 bits per heavy atom. The summed E-state index contributed by atoms with van der Waals surface area (Å²) >= 11 is 0. The van der Waals surface area contributed by atoms with Crippen molar-refractivity contribution in [2.45, 2.75) is 50.6 Å². The average molecular weight is 380 g/mol. The number of piperidine rings is 2. The van der Waals surface area contributed by atoms with Gasteiger partial charge in [0.1, 0.15) is 0 Å². The number of aromatic nitrogens is 1. The van der Waals surface area contributed by atoms with Gasteiger partial charge in [0, 0.05) is 32.0 Å². The number of nitrogens with zero attached hydrogens (tertiary/aromatic N) is 3. The molecule has 0 radical (unpaired) electrons. The van der Waals surface area contributed by atoms with Gasteiger partial charge in [0.2, 0.25) is 5.91 Å². The average Bonchev–Trinajstić information content (AvgIpc) is 3.27. The number of hydrogen-bond donors (Lipinski definition) is 0. The van der Waals surface area contributed by atoms with E-state index in [9.17, 15) is 4.79 Å². The number of carbonyl (C=O) groups is 1. The molecule has 3 atom stereocenters. The van der Waals surface area contributed by atoms with Crippen molar-refractivity contribution in [2.24, 2.45) is 5.92 Å². The Labute approximate surface area is 169 Å². The highest BCUT2D eigenvalue weighted by molar-refractivity contribution is 5.76. The lowest BCUT2D eigenvalue weighted by atomic mass is 9.83. The molecule has 150 valence electrons. The predicted molar refractivity (Wildman–Crippen MR) is 113 cm³/mol. The van der Waals surface area contributed by atoms with Crippen molar-refractivity contribution in [3.05, 3.63) is 60.4 Å². The lowest BCUT2D eigenvalue weighted by Crippen LogP contribution is -2.51. The lowest BCUT2D eigenvalue weighted by Gasteiger charge is -2.45. The molecule has 0 aliphatic carbocycles. The summed E-state index contributed by atoms with van der Waals surface area (Å²) < 4.78 is 2.16. The third kappa shape index (κ3) is 4.33. The molecule has 3 heterocycles. The Bertz CT molecular complexity index is 740. The van der Waals surface area contributed by atoms with E-state index in [-0.39, 0.29) is 11.9 Å². The van der Waals surface area contributed by atoms with Crippen LogP contribution < -0.4 is 0 Å². The van der Waals surface area contributed by atoms with E-state index in [4.69, 9.17) is 0 Å². The zero-order valence-electron chi connectivity index (χ0n) is 17.0. The normalized spacial score (nSPS) is 23.8. The molecule has 0 spiro atoms. The van der Waals surface area contributed by atoms with Crippen LogP contribution >= 0.6 is 0 Å². The first-order chi connectivity index (χ1) is 13.7. The van der Waals surface area contributed by atoms with E-state index in [0.29, 0.717) is 18.4 Å². The summed E-state index contributed by atoms with van der Waals surface area (Å²) in [5, 5.41) is 0. The third-order valence-corrected chi connectivity index (χ3v) is 6.70. The minimum Gasteiger partial charge on any atom is -0.346 e. The van der Waals surface area contributed by atoms with Gasteiger partial charge < -0.3 is 14.4 Å². The summed E-state index contributed by atoms with van der Waals surface area (Å²) in [7, 11) is 2.00. The number of amides is 1. The van der Waals surface area contributed by atoms with Crippen LogP contribution in [-0.2, 0) is 4.79 Å². The number of hydrogen-bond acceptors (Lipinski definition) is 2. The summed E-state index contributed by atoms with van der Waals surface area (Å²) in [5.41, 5.74) is 1.19. The second kappa shape index (κ2) is 8.95. The number of rotatable bonds is 6. The zero-order chi connectivity index (χ0) is 19.3. The van der Waals surface area contributed by atoms with E-state index in [1.807, 2.05) is 30.1 Å². The summed E-state index contributed by atoms with van der Waals surface area (Å²) in [4.78, 5) is 17.8. The molecule has 2 saturated heterocycles. The lowest BCUT2D eigenvalue weighted by molar-refractivity contribution is -0.131. The molecular formula is C24H33N3O. The number of carbonyl (C=O) groups excluding carboxylic acids is 1. The smallest absolute Gasteiger partial charge is 0.224 e. The molecule has 1 amide bonds. The van der Waals surface area contributed by atoms with Crippen LogP contribution in [0.2, 0.25) is 0 Å². The third-order valence-electron chi connectivity index (χ3n) is 6.70. The Kier molecular flexibility index (Phi) is 6.16. The van der Waals surface area contributed by atoms with Gasteiger partial charge in [0.05, 0.1) is 12.5 Å². The van der Waals surface area contributed by atoms with Crippen molar-refractivity contribution in [1.82, 2.24) is 14.4 Å². The molecule has 0 saturated carbocycles. The minimum absolute atomic E-state index is 0.0590. The highest BCUT2D eigenvalue weighted by atomic mass is 16.2. The molecule has 2 aliphatic rings. The van der Waals surface area contributed by atoms with Crippen LogP contribution in [0.3, 0.4) is 0 Å². The summed E-state index contributed by atoms with van der Waals surface area (Å²) in [6.45, 7) is 3.40. The van der Waals surface area contributed by atoms with Gasteiger partial charge in [-0.2, -0.15) is 0 Å². The van der Waals surface area contributed by atoms with Crippen LogP contribution in [0.4, 0.5) is 0 Å². The molecule has 1 aromatic carbocycles. The molecule has 2 aromatic rings. The van der Waals surface area contributed by atoms with E-state index in [1.54, 1.807) is 0 Å². The molecule has 4 heteroatoms. The van der Waals surface area contributed by atoms with Crippen molar-refractivity contribution < 1.29 is 4.79 Å². The Morgan fingerprint density at radius 2 is 1.79 bits per heavy atom. The van der Waals surface area contributed by atoms with E-state index in [0.717, 1.165) is 6.54 Å². The SMILES string of the molecule is CN(C[C@@H]1CCCN2CCCC[C@H]12)C(=O)CC(c1ccccc1)n1cccc1. The van der Waals surface area contributed by atoms with Crippen LogP contribution in [0.25, 0.3) is 0 Å². The Hall–Kier alpha value is -2.07. The van der Waals surface area contributed by atoms with Crippen LogP contribution in [0, 0.1) is 5.92 Å². The monoisotopic (exact) mass is 379 g/mol. The molecule has 2 fully saturated rings. The van der Waals surface area contributed by atoms with Crippen molar-refractivity contribution in [1.29, 1.82) is 0 Å². The van der Waals surface area contributed by atoms with Crippen molar-refractivity contribution in [3.63, 3.8) is 0 Å². The Balaban J connectivity index is 1.42. The number of benzene rings is 1. The molecular weight excluding hydrogens is 346 g/mol. The van der Waals surface area contributed by atoms with E-state index in [1.165, 1.54) is 50.8 Å². The zero-order valence-corrected chi connectivity index (χ0v) is 17.0. The van der Waals surface area contributed by atoms with Gasteiger partial charge in [-0.1, -0.05) is 36.8 Å². The van der Waals surface area contributed by atoms with Gasteiger partial charge in [0.15, 0.2) is 0 Å². The van der Waals surface area contributed by atoms with E-state index < -0.39 is 0 Å². The first-order valence-corrected chi connectivity index (χ1v) is 10.9. The van der Waals surface area contributed by atoms with Crippen molar-refractivity contribution in [3.8, 4) is 0 Å². The van der Waals surface area contributed by atoms with Crippen LogP contribution in [0.1, 0.15) is 50.1 Å². The van der Waals surface area contributed by atoms with Crippen LogP contribution in [0.15, 0.2) is 54.9 Å². The second-order valence-corrected chi connectivity index (χ2v) is 8.54. The molecule has 0 N–H and O–H groups in total. The predicted octanol–water partition coefficient (Wildman–Crippen LogP) is 4.19. The molecule has 2 aliphatic heterocycles. The van der Waals surface area contributed by atoms with Gasteiger partial charge in [-0.3, -0.25) is 4.79 Å². The first-order valence-electron chi connectivity index (χ1n) is 10.9. The maximum Gasteiger partial charge on any atom is 0.224 e. The topological polar surface area (TPSA) is 28.5 Å². The van der Waals surface area contributed by atoms with Gasteiger partial charge in [-0.05, 0) is 62.4 Å². The standard InChI is InChI=1S/C24H33N3O/c1-25(19-21-12-9-17-26-14-6-5-13-22(21)26)24(28)18-23(27-15-7-8-16-27)20-10-3-2-4-11-20/h2-4,7-8,10-11,15-16,21-23H,5-6,9,12-14,17-19H2,1H3/t21-,22+,23?/m0/s1. The fourth-order valence-corrected chi connectivity index (χ4v) is 5.19. The number of fused-ring (bicyclic) bond motifs is 1. The van der Waals surface area contributed by atoms with E-state index in [2.05, 4.69) is 46.1 Å². The summed E-state index contributed by atoms with van der Waals surface area (Å²) in [6, 6.07) is 15.2. The van der Waals surface area contributed by atoms with Crippen LogP contribution in [0.5, 0.6) is 0 Å². The van der Waals surface area contributed by atoms with Gasteiger partial charge in [-0.25, -0.2) is 0 Å². The molecule has 1 aromatic heterocycles. The molecule has 28 heavy (non-hydrogen) atoms. The highest BCUT2D eigenvalue weighted by Crippen LogP contribution is 2.31. The molecule has 4 nitrogen and oxygen atoms in total. The fraction of sp³-hybridized carbons (Fsp3) is 0.542. The maximum absolute atomic E-state index is 13.2. The van der Waals surface area contributed by atoms with Crippen molar-refractivity contribution >= 4 is 5.91 Å².